The Morgan fingerprint density at radius 2 is 2.05 bits per heavy atom. The fourth-order valence-electron chi connectivity index (χ4n) is 1.34. The molecular weight excluding hydrogens is 322 g/mol. The Hall–Kier alpha value is -1.54. The third kappa shape index (κ3) is 3.48. The number of aromatic nitrogens is 2. The summed E-state index contributed by atoms with van der Waals surface area (Å²) in [5.41, 5.74) is -0.0700. The van der Waals surface area contributed by atoms with Crippen LogP contribution in [0.15, 0.2) is 21.0 Å². The highest BCUT2D eigenvalue weighted by molar-refractivity contribution is 9.10. The van der Waals surface area contributed by atoms with Crippen LogP contribution in [0.3, 0.4) is 0 Å². The van der Waals surface area contributed by atoms with Gasteiger partial charge in [-0.15, -0.1) is 5.10 Å². The van der Waals surface area contributed by atoms with Gasteiger partial charge in [-0.2, -0.15) is 0 Å². The van der Waals surface area contributed by atoms with Gasteiger partial charge in [0.1, 0.15) is 11.6 Å². The molecule has 0 radical (unpaired) electrons. The van der Waals surface area contributed by atoms with Gasteiger partial charge in [0.05, 0.1) is 16.7 Å². The largest absolute Gasteiger partial charge is 0.406 e. The van der Waals surface area contributed by atoms with Crippen molar-refractivity contribution in [1.29, 1.82) is 0 Å². The van der Waals surface area contributed by atoms with Gasteiger partial charge in [0.25, 0.3) is 0 Å². The standard InChI is InChI=1S/C11H11BrF2N4O/c1-2-15-5-10-17-18-11(19-10)16-9-4-7(13)6(12)3-8(9)14/h3-4,15H,2,5H2,1H3,(H,16,18). The van der Waals surface area contributed by atoms with E-state index in [1.807, 2.05) is 6.92 Å². The van der Waals surface area contributed by atoms with Crippen LogP contribution in [0.2, 0.25) is 0 Å². The van der Waals surface area contributed by atoms with Gasteiger partial charge >= 0.3 is 6.01 Å². The van der Waals surface area contributed by atoms with Crippen LogP contribution in [0.5, 0.6) is 0 Å². The summed E-state index contributed by atoms with van der Waals surface area (Å²) in [4.78, 5) is 0. The molecule has 0 aliphatic rings. The first-order valence-corrected chi connectivity index (χ1v) is 6.34. The molecule has 2 aromatic rings. The summed E-state index contributed by atoms with van der Waals surface area (Å²) in [5.74, 6) is -0.849. The van der Waals surface area contributed by atoms with E-state index in [9.17, 15) is 8.78 Å². The molecule has 1 aromatic carbocycles. The van der Waals surface area contributed by atoms with Crippen LogP contribution in [0, 0.1) is 11.6 Å². The highest BCUT2D eigenvalue weighted by Crippen LogP contribution is 2.25. The topological polar surface area (TPSA) is 63.0 Å². The summed E-state index contributed by atoms with van der Waals surface area (Å²) in [7, 11) is 0. The average Bonchev–Trinajstić information content (AvgIpc) is 2.81. The average molecular weight is 333 g/mol. The number of rotatable bonds is 5. The first-order valence-electron chi connectivity index (χ1n) is 5.54. The van der Waals surface area contributed by atoms with Crippen molar-refractivity contribution >= 4 is 27.6 Å². The van der Waals surface area contributed by atoms with Gasteiger partial charge in [-0.3, -0.25) is 0 Å². The molecule has 0 aliphatic heterocycles. The predicted molar refractivity (Wildman–Crippen MR) is 69.0 cm³/mol. The monoisotopic (exact) mass is 332 g/mol. The first kappa shape index (κ1) is 13.9. The number of halogens is 3. The molecule has 1 aromatic heterocycles. The SMILES string of the molecule is CCNCc1nnc(Nc2cc(F)c(Br)cc2F)o1. The lowest BCUT2D eigenvalue weighted by molar-refractivity contribution is 0.483. The lowest BCUT2D eigenvalue weighted by Crippen LogP contribution is -2.11. The van der Waals surface area contributed by atoms with E-state index < -0.39 is 11.6 Å². The highest BCUT2D eigenvalue weighted by Gasteiger charge is 2.11. The molecule has 19 heavy (non-hydrogen) atoms. The van der Waals surface area contributed by atoms with E-state index in [0.29, 0.717) is 12.4 Å². The maximum absolute atomic E-state index is 13.6. The maximum atomic E-state index is 13.6. The van der Waals surface area contributed by atoms with Crippen LogP contribution >= 0.6 is 15.9 Å². The number of hydrogen-bond donors (Lipinski definition) is 2. The molecule has 0 aliphatic carbocycles. The second-order valence-corrected chi connectivity index (χ2v) is 4.51. The van der Waals surface area contributed by atoms with Crippen LogP contribution in [0.4, 0.5) is 20.5 Å². The van der Waals surface area contributed by atoms with Crippen molar-refractivity contribution < 1.29 is 13.2 Å². The Morgan fingerprint density at radius 1 is 1.26 bits per heavy atom. The summed E-state index contributed by atoms with van der Waals surface area (Å²) in [6.07, 6.45) is 0. The molecule has 0 saturated heterocycles. The number of nitrogens with one attached hydrogen (secondary N) is 2. The van der Waals surface area contributed by atoms with E-state index in [2.05, 4.69) is 36.8 Å². The molecule has 0 atom stereocenters. The molecule has 1 heterocycles. The highest BCUT2D eigenvalue weighted by atomic mass is 79.9. The van der Waals surface area contributed by atoms with Crippen LogP contribution in [0.25, 0.3) is 0 Å². The fraction of sp³-hybridized carbons (Fsp3) is 0.273. The number of benzene rings is 1. The van der Waals surface area contributed by atoms with Crippen molar-refractivity contribution in [2.45, 2.75) is 13.5 Å². The lowest BCUT2D eigenvalue weighted by atomic mass is 10.3. The minimum atomic E-state index is -0.625. The molecule has 0 bridgehead atoms. The summed E-state index contributed by atoms with van der Waals surface area (Å²) in [5, 5.41) is 13.0. The molecule has 5 nitrogen and oxygen atoms in total. The van der Waals surface area contributed by atoms with Crippen LogP contribution in [-0.4, -0.2) is 16.7 Å². The zero-order valence-electron chi connectivity index (χ0n) is 10.0. The summed E-state index contributed by atoms with van der Waals surface area (Å²) in [6, 6.07) is 2.04. The van der Waals surface area contributed by atoms with Crippen molar-refractivity contribution in [2.24, 2.45) is 0 Å². The minimum Gasteiger partial charge on any atom is -0.406 e. The third-order valence-corrected chi connectivity index (χ3v) is 2.85. The van der Waals surface area contributed by atoms with Crippen molar-refractivity contribution in [1.82, 2.24) is 15.5 Å². The second-order valence-electron chi connectivity index (χ2n) is 3.65. The maximum Gasteiger partial charge on any atom is 0.320 e. The van der Waals surface area contributed by atoms with Crippen molar-refractivity contribution in [3.63, 3.8) is 0 Å². The van der Waals surface area contributed by atoms with Gasteiger partial charge in [-0.05, 0) is 28.5 Å². The number of anilines is 2. The Kier molecular flexibility index (Phi) is 4.43. The molecular formula is C11H11BrF2N4O. The van der Waals surface area contributed by atoms with E-state index >= 15 is 0 Å². The van der Waals surface area contributed by atoms with Gasteiger partial charge in [-0.1, -0.05) is 12.0 Å². The molecule has 8 heteroatoms. The van der Waals surface area contributed by atoms with E-state index in [1.54, 1.807) is 0 Å². The van der Waals surface area contributed by atoms with Gasteiger partial charge in [0, 0.05) is 6.07 Å². The zero-order valence-corrected chi connectivity index (χ0v) is 11.6. The molecule has 2 rings (SSSR count). The molecule has 102 valence electrons. The zero-order chi connectivity index (χ0) is 13.8. The van der Waals surface area contributed by atoms with Gasteiger partial charge < -0.3 is 15.1 Å². The molecule has 0 spiro atoms. The van der Waals surface area contributed by atoms with Crippen LogP contribution < -0.4 is 10.6 Å². The van der Waals surface area contributed by atoms with Crippen LogP contribution in [-0.2, 0) is 6.54 Å². The van der Waals surface area contributed by atoms with E-state index in [4.69, 9.17) is 4.42 Å². The molecule has 0 amide bonds. The molecule has 0 saturated carbocycles. The molecule has 2 N–H and O–H groups in total. The summed E-state index contributed by atoms with van der Waals surface area (Å²) < 4.78 is 32.1. The van der Waals surface area contributed by atoms with Gasteiger partial charge in [0.2, 0.25) is 5.89 Å². The van der Waals surface area contributed by atoms with E-state index in [1.165, 1.54) is 0 Å². The fourth-order valence-corrected chi connectivity index (χ4v) is 1.66. The lowest BCUT2D eigenvalue weighted by Gasteiger charge is -2.04. The minimum absolute atomic E-state index is 0.00789. The number of hydrogen-bond acceptors (Lipinski definition) is 5. The Bertz CT molecular complexity index is 576. The van der Waals surface area contributed by atoms with Crippen molar-refractivity contribution in [3.8, 4) is 0 Å². The Labute approximate surface area is 116 Å². The van der Waals surface area contributed by atoms with E-state index in [0.717, 1.165) is 18.7 Å². The first-order chi connectivity index (χ1) is 9.10. The quantitative estimate of drug-likeness (QED) is 0.824. The summed E-state index contributed by atoms with van der Waals surface area (Å²) in [6.45, 7) is 3.12. The Balaban J connectivity index is 2.12. The third-order valence-electron chi connectivity index (χ3n) is 2.24. The van der Waals surface area contributed by atoms with Crippen molar-refractivity contribution in [2.75, 3.05) is 11.9 Å². The molecule has 0 fully saturated rings. The number of nitrogens with zero attached hydrogens (tertiary/aromatic N) is 2. The van der Waals surface area contributed by atoms with Gasteiger partial charge in [0.15, 0.2) is 0 Å². The normalized spacial score (nSPS) is 10.7. The van der Waals surface area contributed by atoms with Gasteiger partial charge in [-0.25, -0.2) is 8.78 Å². The smallest absolute Gasteiger partial charge is 0.320 e. The van der Waals surface area contributed by atoms with Crippen molar-refractivity contribution in [3.05, 3.63) is 34.1 Å². The second kappa shape index (κ2) is 6.07. The predicted octanol–water partition coefficient (Wildman–Crippen LogP) is 2.96. The molecule has 0 unspecified atom stereocenters. The van der Waals surface area contributed by atoms with E-state index in [-0.39, 0.29) is 16.2 Å². The Morgan fingerprint density at radius 3 is 2.79 bits per heavy atom. The summed E-state index contributed by atoms with van der Waals surface area (Å²) >= 11 is 2.90. The van der Waals surface area contributed by atoms with Crippen LogP contribution in [0.1, 0.15) is 12.8 Å².